The van der Waals surface area contributed by atoms with E-state index in [0.29, 0.717) is 11.3 Å². The molecule has 1 aromatic carbocycles. The lowest BCUT2D eigenvalue weighted by molar-refractivity contribution is -0.135. The van der Waals surface area contributed by atoms with E-state index >= 15 is 0 Å². The van der Waals surface area contributed by atoms with Gasteiger partial charge in [-0.15, -0.1) is 0 Å². The molecule has 0 unspecified atom stereocenters. The van der Waals surface area contributed by atoms with Gasteiger partial charge in [-0.2, -0.15) is 0 Å². The van der Waals surface area contributed by atoms with E-state index < -0.39 is 11.9 Å². The number of carbonyl (C=O) groups excluding carboxylic acids is 1. The van der Waals surface area contributed by atoms with Gasteiger partial charge in [-0.25, -0.2) is 0 Å². The van der Waals surface area contributed by atoms with Crippen LogP contribution in [0.5, 0.6) is 0 Å². The number of benzene rings is 1. The summed E-state index contributed by atoms with van der Waals surface area (Å²) in [5.41, 5.74) is 6.28. The van der Waals surface area contributed by atoms with Crippen molar-refractivity contribution >= 4 is 33.5 Å². The quantitative estimate of drug-likeness (QED) is 0.865. The van der Waals surface area contributed by atoms with Gasteiger partial charge in [0.15, 0.2) is 0 Å². The zero-order valence-corrected chi connectivity index (χ0v) is 11.2. The molecule has 0 radical (unpaired) electrons. The highest BCUT2D eigenvalue weighted by atomic mass is 79.9. The monoisotopic (exact) mass is 312 g/mol. The van der Waals surface area contributed by atoms with Crippen LogP contribution in [0, 0.1) is 0 Å². The van der Waals surface area contributed by atoms with Crippen LogP contribution in [-0.4, -0.2) is 29.6 Å². The molecular formula is C12H13BrN2O3. The minimum absolute atomic E-state index is 0.118. The molecule has 1 fully saturated rings. The fraction of sp³-hybridized carbons (Fsp3) is 0.333. The van der Waals surface area contributed by atoms with E-state index in [1.54, 1.807) is 23.1 Å². The lowest BCUT2D eigenvalue weighted by atomic mass is 10.1. The second-order valence-electron chi connectivity index (χ2n) is 4.28. The van der Waals surface area contributed by atoms with Crippen LogP contribution in [0.2, 0.25) is 0 Å². The molecule has 18 heavy (non-hydrogen) atoms. The number of hydrogen-bond acceptors (Lipinski definition) is 3. The van der Waals surface area contributed by atoms with Gasteiger partial charge in [-0.05, 0) is 31.0 Å². The molecule has 96 valence electrons. The van der Waals surface area contributed by atoms with Gasteiger partial charge in [0.05, 0.1) is 11.3 Å². The Balaban J connectivity index is 2.40. The molecule has 0 aromatic heterocycles. The Bertz CT molecular complexity index is 500. The molecule has 0 heterocycles. The maximum absolute atomic E-state index is 11.4. The highest BCUT2D eigenvalue weighted by Crippen LogP contribution is 2.34. The van der Waals surface area contributed by atoms with Crippen LogP contribution in [0.4, 0.5) is 5.69 Å². The van der Waals surface area contributed by atoms with Crippen molar-refractivity contribution in [2.24, 2.45) is 5.73 Å². The van der Waals surface area contributed by atoms with Crippen molar-refractivity contribution in [3.8, 4) is 0 Å². The summed E-state index contributed by atoms with van der Waals surface area (Å²) in [6, 6.07) is 5.32. The number of nitrogens with two attached hydrogens (primary N) is 1. The molecule has 0 atom stereocenters. The summed E-state index contributed by atoms with van der Waals surface area (Å²) in [6.45, 7) is -0.118. The Labute approximate surface area is 113 Å². The Morgan fingerprint density at radius 3 is 2.61 bits per heavy atom. The van der Waals surface area contributed by atoms with Crippen molar-refractivity contribution in [2.75, 3.05) is 11.4 Å². The number of aliphatic carboxylic acids is 1. The number of hydrogen-bond donors (Lipinski definition) is 2. The molecular weight excluding hydrogens is 300 g/mol. The van der Waals surface area contributed by atoms with Crippen molar-refractivity contribution in [1.29, 1.82) is 0 Å². The number of rotatable bonds is 5. The van der Waals surface area contributed by atoms with Crippen LogP contribution in [0.1, 0.15) is 23.2 Å². The summed E-state index contributed by atoms with van der Waals surface area (Å²) in [5, 5.41) is 8.94. The maximum Gasteiger partial charge on any atom is 0.323 e. The maximum atomic E-state index is 11.4. The van der Waals surface area contributed by atoms with Crippen molar-refractivity contribution < 1.29 is 14.7 Å². The van der Waals surface area contributed by atoms with Gasteiger partial charge in [-0.3, -0.25) is 9.59 Å². The fourth-order valence-corrected chi connectivity index (χ4v) is 2.26. The molecule has 1 aromatic rings. The van der Waals surface area contributed by atoms with Crippen LogP contribution >= 0.6 is 15.9 Å². The summed E-state index contributed by atoms with van der Waals surface area (Å²) in [7, 11) is 0. The van der Waals surface area contributed by atoms with Gasteiger partial charge < -0.3 is 15.7 Å². The number of carboxylic acid groups (broad SMARTS) is 1. The number of carboxylic acids is 1. The third-order valence-corrected chi connectivity index (χ3v) is 3.32. The molecule has 5 nitrogen and oxygen atoms in total. The normalized spacial score (nSPS) is 14.3. The van der Waals surface area contributed by atoms with Crippen molar-refractivity contribution in [3.05, 3.63) is 28.2 Å². The van der Waals surface area contributed by atoms with Gasteiger partial charge in [-0.1, -0.05) is 15.9 Å². The van der Waals surface area contributed by atoms with E-state index in [4.69, 9.17) is 10.8 Å². The molecule has 1 saturated carbocycles. The van der Waals surface area contributed by atoms with E-state index in [1.165, 1.54) is 0 Å². The Morgan fingerprint density at radius 1 is 1.44 bits per heavy atom. The van der Waals surface area contributed by atoms with Gasteiger partial charge in [0.1, 0.15) is 6.54 Å². The first-order valence-corrected chi connectivity index (χ1v) is 6.36. The number of nitrogens with zero attached hydrogens (tertiary/aromatic N) is 1. The first-order valence-electron chi connectivity index (χ1n) is 5.57. The first-order chi connectivity index (χ1) is 8.49. The second kappa shape index (κ2) is 4.97. The van der Waals surface area contributed by atoms with Crippen LogP contribution in [0.15, 0.2) is 22.7 Å². The summed E-state index contributed by atoms with van der Waals surface area (Å²) in [4.78, 5) is 24.1. The Hall–Kier alpha value is -1.56. The van der Waals surface area contributed by atoms with Gasteiger partial charge in [0.2, 0.25) is 0 Å². The van der Waals surface area contributed by atoms with Gasteiger partial charge >= 0.3 is 5.97 Å². The number of halogens is 1. The third-order valence-electron chi connectivity index (χ3n) is 2.83. The predicted molar refractivity (Wildman–Crippen MR) is 70.7 cm³/mol. The van der Waals surface area contributed by atoms with Crippen LogP contribution < -0.4 is 10.6 Å². The van der Waals surface area contributed by atoms with Crippen LogP contribution in [0.3, 0.4) is 0 Å². The fourth-order valence-electron chi connectivity index (χ4n) is 1.90. The molecule has 0 bridgehead atoms. The molecule has 2 rings (SSSR count). The summed E-state index contributed by atoms with van der Waals surface area (Å²) in [6.07, 6.45) is 1.89. The van der Waals surface area contributed by atoms with Crippen molar-refractivity contribution in [3.63, 3.8) is 0 Å². The highest BCUT2D eigenvalue weighted by Gasteiger charge is 2.32. The molecule has 0 saturated heterocycles. The number of primary amides is 1. The first kappa shape index (κ1) is 12.9. The minimum atomic E-state index is -0.916. The van der Waals surface area contributed by atoms with E-state index in [-0.39, 0.29) is 12.6 Å². The van der Waals surface area contributed by atoms with E-state index in [0.717, 1.165) is 17.3 Å². The Kier molecular flexibility index (Phi) is 3.56. The van der Waals surface area contributed by atoms with E-state index in [1.807, 2.05) is 0 Å². The van der Waals surface area contributed by atoms with Crippen molar-refractivity contribution in [2.45, 2.75) is 18.9 Å². The van der Waals surface area contributed by atoms with Gasteiger partial charge in [0, 0.05) is 10.5 Å². The number of carbonyl (C=O) groups is 2. The lowest BCUT2D eigenvalue weighted by Crippen LogP contribution is -2.33. The molecule has 6 heteroatoms. The molecule has 1 aliphatic carbocycles. The molecule has 1 aliphatic rings. The third kappa shape index (κ3) is 2.81. The lowest BCUT2D eigenvalue weighted by Gasteiger charge is -2.24. The minimum Gasteiger partial charge on any atom is -0.480 e. The average molecular weight is 313 g/mol. The molecule has 1 amide bonds. The summed E-state index contributed by atoms with van der Waals surface area (Å²) < 4.78 is 0.742. The predicted octanol–water partition coefficient (Wildman–Crippen LogP) is 1.60. The highest BCUT2D eigenvalue weighted by molar-refractivity contribution is 9.10. The SMILES string of the molecule is NC(=O)c1cc(Br)ccc1N(CC(=O)O)C1CC1. The second-order valence-corrected chi connectivity index (χ2v) is 5.19. The summed E-state index contributed by atoms with van der Waals surface area (Å²) >= 11 is 3.27. The zero-order chi connectivity index (χ0) is 13.3. The Morgan fingerprint density at radius 2 is 2.11 bits per heavy atom. The molecule has 0 spiro atoms. The van der Waals surface area contributed by atoms with Crippen molar-refractivity contribution in [1.82, 2.24) is 0 Å². The average Bonchev–Trinajstić information content (AvgIpc) is 3.09. The van der Waals surface area contributed by atoms with Crippen LogP contribution in [0.25, 0.3) is 0 Å². The number of anilines is 1. The van der Waals surface area contributed by atoms with E-state index in [2.05, 4.69) is 15.9 Å². The largest absolute Gasteiger partial charge is 0.480 e. The summed E-state index contributed by atoms with van der Waals surface area (Å²) in [5.74, 6) is -1.47. The van der Waals surface area contributed by atoms with Gasteiger partial charge in [0.25, 0.3) is 5.91 Å². The zero-order valence-electron chi connectivity index (χ0n) is 9.60. The molecule has 0 aliphatic heterocycles. The topological polar surface area (TPSA) is 83.6 Å². The molecule has 3 N–H and O–H groups in total. The van der Waals surface area contributed by atoms with E-state index in [9.17, 15) is 9.59 Å². The van der Waals surface area contributed by atoms with Crippen LogP contribution in [-0.2, 0) is 4.79 Å². The smallest absolute Gasteiger partial charge is 0.323 e. The number of amides is 1. The standard InChI is InChI=1S/C12H13BrN2O3/c13-7-1-4-10(9(5-7)12(14)18)15(6-11(16)17)8-2-3-8/h1,4-5,8H,2-3,6H2,(H2,14,18)(H,16,17).